The van der Waals surface area contributed by atoms with Gasteiger partial charge in [-0.15, -0.1) is 0 Å². The SMILES string of the molecule is CC(C)(NCc1ccccc1C(F)(F)F)C(=O)Nc1ccccc1. The van der Waals surface area contributed by atoms with E-state index in [4.69, 9.17) is 0 Å². The molecule has 128 valence electrons. The van der Waals surface area contributed by atoms with Crippen LogP contribution in [0.15, 0.2) is 54.6 Å². The molecule has 0 fully saturated rings. The van der Waals surface area contributed by atoms with Gasteiger partial charge in [-0.3, -0.25) is 10.1 Å². The smallest absolute Gasteiger partial charge is 0.325 e. The molecule has 2 aromatic rings. The lowest BCUT2D eigenvalue weighted by atomic mass is 10.0. The van der Waals surface area contributed by atoms with E-state index in [9.17, 15) is 18.0 Å². The van der Waals surface area contributed by atoms with Crippen molar-refractivity contribution in [3.05, 3.63) is 65.7 Å². The van der Waals surface area contributed by atoms with Crippen molar-refractivity contribution in [3.63, 3.8) is 0 Å². The predicted octanol–water partition coefficient (Wildman–Crippen LogP) is 4.21. The Morgan fingerprint density at radius 3 is 2.17 bits per heavy atom. The van der Waals surface area contributed by atoms with Gasteiger partial charge in [0.05, 0.1) is 11.1 Å². The summed E-state index contributed by atoms with van der Waals surface area (Å²) in [6, 6.07) is 14.2. The molecular weight excluding hydrogens is 317 g/mol. The van der Waals surface area contributed by atoms with Crippen LogP contribution >= 0.6 is 0 Å². The number of para-hydroxylation sites is 1. The van der Waals surface area contributed by atoms with E-state index in [0.717, 1.165) is 6.07 Å². The van der Waals surface area contributed by atoms with E-state index in [1.165, 1.54) is 12.1 Å². The molecule has 2 N–H and O–H groups in total. The van der Waals surface area contributed by atoms with Gasteiger partial charge in [-0.2, -0.15) is 13.2 Å². The van der Waals surface area contributed by atoms with Crippen LogP contribution in [-0.2, 0) is 17.5 Å². The average molecular weight is 336 g/mol. The molecule has 0 bridgehead atoms. The van der Waals surface area contributed by atoms with Crippen LogP contribution in [0.3, 0.4) is 0 Å². The van der Waals surface area contributed by atoms with E-state index >= 15 is 0 Å². The van der Waals surface area contributed by atoms with Crippen molar-refractivity contribution < 1.29 is 18.0 Å². The molecule has 0 spiro atoms. The summed E-state index contributed by atoms with van der Waals surface area (Å²) in [6.45, 7) is 3.19. The molecule has 2 aromatic carbocycles. The summed E-state index contributed by atoms with van der Waals surface area (Å²) in [5.74, 6) is -0.321. The quantitative estimate of drug-likeness (QED) is 0.859. The van der Waals surface area contributed by atoms with Crippen LogP contribution in [0, 0.1) is 0 Å². The molecule has 0 saturated carbocycles. The molecule has 24 heavy (non-hydrogen) atoms. The summed E-state index contributed by atoms with van der Waals surface area (Å²) in [6.07, 6.45) is -4.42. The van der Waals surface area contributed by atoms with E-state index in [-0.39, 0.29) is 18.0 Å². The van der Waals surface area contributed by atoms with E-state index in [1.807, 2.05) is 6.07 Å². The number of benzene rings is 2. The molecule has 1 amide bonds. The van der Waals surface area contributed by atoms with Gasteiger partial charge in [0, 0.05) is 12.2 Å². The first kappa shape index (κ1) is 18.0. The van der Waals surface area contributed by atoms with Crippen molar-refractivity contribution in [2.24, 2.45) is 0 Å². The number of amides is 1. The summed E-state index contributed by atoms with van der Waals surface area (Å²) in [7, 11) is 0. The summed E-state index contributed by atoms with van der Waals surface area (Å²) < 4.78 is 39.0. The van der Waals surface area contributed by atoms with Gasteiger partial charge < -0.3 is 5.32 Å². The van der Waals surface area contributed by atoms with Crippen LogP contribution in [0.2, 0.25) is 0 Å². The van der Waals surface area contributed by atoms with E-state index < -0.39 is 17.3 Å². The minimum Gasteiger partial charge on any atom is -0.325 e. The third-order valence-corrected chi connectivity index (χ3v) is 3.64. The number of anilines is 1. The van der Waals surface area contributed by atoms with Gasteiger partial charge in [0.2, 0.25) is 5.91 Å². The fourth-order valence-electron chi connectivity index (χ4n) is 2.16. The number of nitrogens with one attached hydrogen (secondary N) is 2. The summed E-state index contributed by atoms with van der Waals surface area (Å²) in [5, 5.41) is 5.64. The largest absolute Gasteiger partial charge is 0.416 e. The number of carbonyl (C=O) groups excluding carboxylic acids is 1. The van der Waals surface area contributed by atoms with Gasteiger partial charge >= 0.3 is 6.18 Å². The Morgan fingerprint density at radius 2 is 1.54 bits per heavy atom. The van der Waals surface area contributed by atoms with Gasteiger partial charge in [-0.05, 0) is 37.6 Å². The van der Waals surface area contributed by atoms with E-state index in [1.54, 1.807) is 44.2 Å². The Labute approximate surface area is 138 Å². The van der Waals surface area contributed by atoms with Gasteiger partial charge in [0.15, 0.2) is 0 Å². The zero-order valence-electron chi connectivity index (χ0n) is 13.4. The van der Waals surface area contributed by atoms with Crippen LogP contribution in [0.4, 0.5) is 18.9 Å². The fraction of sp³-hybridized carbons (Fsp3) is 0.278. The first-order valence-corrected chi connectivity index (χ1v) is 7.47. The maximum atomic E-state index is 13.0. The maximum absolute atomic E-state index is 13.0. The lowest BCUT2D eigenvalue weighted by Crippen LogP contribution is -2.49. The number of carbonyl (C=O) groups is 1. The molecule has 0 aliphatic carbocycles. The van der Waals surface area contributed by atoms with Gasteiger partial charge in [0.25, 0.3) is 0 Å². The molecule has 0 atom stereocenters. The Bertz CT molecular complexity index is 697. The normalized spacial score (nSPS) is 12.0. The third-order valence-electron chi connectivity index (χ3n) is 3.64. The van der Waals surface area contributed by atoms with Crippen molar-refractivity contribution in [3.8, 4) is 0 Å². The summed E-state index contributed by atoms with van der Waals surface area (Å²) in [5.41, 5.74) is -0.996. The highest BCUT2D eigenvalue weighted by Crippen LogP contribution is 2.32. The molecule has 0 heterocycles. The van der Waals surface area contributed by atoms with Crippen LogP contribution < -0.4 is 10.6 Å². The Balaban J connectivity index is 2.06. The van der Waals surface area contributed by atoms with Crippen molar-refractivity contribution in [1.29, 1.82) is 0 Å². The Kier molecular flexibility index (Phi) is 5.29. The number of alkyl halides is 3. The molecular formula is C18H19F3N2O. The molecule has 0 aromatic heterocycles. The molecule has 0 saturated heterocycles. The first-order valence-electron chi connectivity index (χ1n) is 7.47. The molecule has 0 unspecified atom stereocenters. The summed E-state index contributed by atoms with van der Waals surface area (Å²) in [4.78, 5) is 12.3. The minimum atomic E-state index is -4.42. The minimum absolute atomic E-state index is 0.0646. The molecule has 0 radical (unpaired) electrons. The topological polar surface area (TPSA) is 41.1 Å². The van der Waals surface area contributed by atoms with Crippen molar-refractivity contribution in [1.82, 2.24) is 5.32 Å². The van der Waals surface area contributed by atoms with Gasteiger partial charge in [-0.25, -0.2) is 0 Å². The highest BCUT2D eigenvalue weighted by atomic mass is 19.4. The number of halogens is 3. The van der Waals surface area contributed by atoms with Crippen LogP contribution in [0.25, 0.3) is 0 Å². The second-order valence-corrected chi connectivity index (χ2v) is 5.95. The van der Waals surface area contributed by atoms with Crippen molar-refractivity contribution in [2.75, 3.05) is 5.32 Å². The van der Waals surface area contributed by atoms with Crippen LogP contribution in [-0.4, -0.2) is 11.4 Å². The molecule has 0 aliphatic rings. The Hall–Kier alpha value is -2.34. The lowest BCUT2D eigenvalue weighted by Gasteiger charge is -2.26. The number of hydrogen-bond acceptors (Lipinski definition) is 2. The average Bonchev–Trinajstić information content (AvgIpc) is 2.53. The molecule has 6 heteroatoms. The monoisotopic (exact) mass is 336 g/mol. The zero-order chi connectivity index (χ0) is 17.8. The van der Waals surface area contributed by atoms with Gasteiger partial charge in [0.1, 0.15) is 0 Å². The first-order chi connectivity index (χ1) is 11.2. The maximum Gasteiger partial charge on any atom is 0.416 e. The van der Waals surface area contributed by atoms with Gasteiger partial charge in [-0.1, -0.05) is 36.4 Å². The van der Waals surface area contributed by atoms with Crippen molar-refractivity contribution >= 4 is 11.6 Å². The standard InChI is InChI=1S/C18H19F3N2O/c1-17(2,16(24)23-14-9-4-3-5-10-14)22-12-13-8-6-7-11-15(13)18(19,20)21/h3-11,22H,12H2,1-2H3,(H,23,24). The van der Waals surface area contributed by atoms with Crippen LogP contribution in [0.1, 0.15) is 25.0 Å². The number of rotatable bonds is 5. The zero-order valence-corrected chi connectivity index (χ0v) is 13.4. The van der Waals surface area contributed by atoms with E-state index in [0.29, 0.717) is 5.69 Å². The van der Waals surface area contributed by atoms with Crippen LogP contribution in [0.5, 0.6) is 0 Å². The highest BCUT2D eigenvalue weighted by molar-refractivity contribution is 5.97. The summed E-state index contributed by atoms with van der Waals surface area (Å²) >= 11 is 0. The van der Waals surface area contributed by atoms with E-state index in [2.05, 4.69) is 10.6 Å². The van der Waals surface area contributed by atoms with Crippen molar-refractivity contribution in [2.45, 2.75) is 32.1 Å². The molecule has 3 nitrogen and oxygen atoms in total. The Morgan fingerprint density at radius 1 is 0.958 bits per heavy atom. The third kappa shape index (κ3) is 4.58. The molecule has 0 aliphatic heterocycles. The highest BCUT2D eigenvalue weighted by Gasteiger charge is 2.34. The molecule has 2 rings (SSSR count). The second kappa shape index (κ2) is 7.05. The lowest BCUT2D eigenvalue weighted by molar-refractivity contribution is -0.138. The number of hydrogen-bond donors (Lipinski definition) is 2. The second-order valence-electron chi connectivity index (χ2n) is 5.95. The predicted molar refractivity (Wildman–Crippen MR) is 87.4 cm³/mol. The fourth-order valence-corrected chi connectivity index (χ4v) is 2.16.